The average Bonchev–Trinajstić information content (AvgIpc) is 3.24. The smallest absolute Gasteiger partial charge is 0.243 e. The third-order valence-corrected chi connectivity index (χ3v) is 8.10. The summed E-state index contributed by atoms with van der Waals surface area (Å²) in [5.74, 6) is -2.47. The van der Waals surface area contributed by atoms with Gasteiger partial charge in [-0.25, -0.2) is 22.2 Å². The number of nitrogens with one attached hydrogen (secondary N) is 1. The van der Waals surface area contributed by atoms with E-state index in [1.54, 1.807) is 29.6 Å². The van der Waals surface area contributed by atoms with Gasteiger partial charge < -0.3 is 5.32 Å². The Hall–Kier alpha value is -2.69. The van der Waals surface area contributed by atoms with Crippen LogP contribution in [0.2, 0.25) is 0 Å². The molecule has 0 aliphatic carbocycles. The number of carbonyl (C=O) groups excluding carboxylic acids is 1. The molecule has 1 amide bonds. The highest BCUT2D eigenvalue weighted by atomic mass is 32.2. The summed E-state index contributed by atoms with van der Waals surface area (Å²) in [4.78, 5) is 17.2. The molecule has 0 radical (unpaired) electrons. The number of hydrogen-bond donors (Lipinski definition) is 1. The highest BCUT2D eigenvalue weighted by molar-refractivity contribution is 7.89. The molecule has 0 bridgehead atoms. The van der Waals surface area contributed by atoms with Crippen LogP contribution in [0, 0.1) is 24.5 Å². The third kappa shape index (κ3) is 4.72. The Kier molecular flexibility index (Phi) is 6.36. The van der Waals surface area contributed by atoms with E-state index in [0.717, 1.165) is 17.7 Å². The van der Waals surface area contributed by atoms with E-state index < -0.39 is 21.7 Å². The van der Waals surface area contributed by atoms with Crippen molar-refractivity contribution in [2.45, 2.75) is 24.7 Å². The van der Waals surface area contributed by atoms with E-state index in [4.69, 9.17) is 0 Å². The first kappa shape index (κ1) is 22.5. The number of hydrogen-bond acceptors (Lipinski definition) is 5. The summed E-state index contributed by atoms with van der Waals surface area (Å²) < 4.78 is 53.6. The molecule has 1 aliphatic rings. The molecule has 1 aliphatic heterocycles. The van der Waals surface area contributed by atoms with Crippen molar-refractivity contribution in [2.75, 3.05) is 18.4 Å². The molecule has 0 spiro atoms. The molecule has 1 saturated heterocycles. The lowest BCUT2D eigenvalue weighted by Gasteiger charge is -2.30. The zero-order chi connectivity index (χ0) is 22.9. The van der Waals surface area contributed by atoms with Gasteiger partial charge in [-0.1, -0.05) is 17.7 Å². The van der Waals surface area contributed by atoms with Crippen LogP contribution in [0.4, 0.5) is 13.9 Å². The van der Waals surface area contributed by atoms with Crippen LogP contribution >= 0.6 is 11.3 Å². The van der Waals surface area contributed by atoms with Crippen LogP contribution in [0.25, 0.3) is 11.3 Å². The topological polar surface area (TPSA) is 79.4 Å². The van der Waals surface area contributed by atoms with Crippen LogP contribution in [0.3, 0.4) is 0 Å². The summed E-state index contributed by atoms with van der Waals surface area (Å²) in [6.07, 6.45) is 0.802. The minimum Gasteiger partial charge on any atom is -0.302 e. The molecule has 1 fully saturated rings. The molecule has 10 heteroatoms. The Balaban J connectivity index is 1.36. The summed E-state index contributed by atoms with van der Waals surface area (Å²) in [5.41, 5.74) is 1.83. The Labute approximate surface area is 189 Å². The maximum atomic E-state index is 13.5. The number of amides is 1. The lowest BCUT2D eigenvalue weighted by molar-refractivity contribution is -0.120. The van der Waals surface area contributed by atoms with Crippen LogP contribution in [0.15, 0.2) is 52.7 Å². The molecule has 0 unspecified atom stereocenters. The number of rotatable bonds is 5. The Morgan fingerprint density at radius 1 is 1.09 bits per heavy atom. The van der Waals surface area contributed by atoms with Crippen LogP contribution in [-0.4, -0.2) is 36.7 Å². The fourth-order valence-corrected chi connectivity index (χ4v) is 5.74. The first-order valence-electron chi connectivity index (χ1n) is 10.0. The molecule has 0 atom stereocenters. The van der Waals surface area contributed by atoms with Crippen molar-refractivity contribution in [3.8, 4) is 11.3 Å². The number of benzene rings is 2. The van der Waals surface area contributed by atoms with Gasteiger partial charge in [-0.05, 0) is 50.1 Å². The average molecular weight is 478 g/mol. The molecule has 168 valence electrons. The van der Waals surface area contributed by atoms with Gasteiger partial charge in [-0.3, -0.25) is 4.79 Å². The number of halogens is 2. The molecule has 0 saturated carbocycles. The monoisotopic (exact) mass is 477 g/mol. The SMILES string of the molecule is Cc1ccc(S(=O)(=O)N2CCC(C(=O)Nc3nc(-c4ccc(F)c(F)c4)cs3)CC2)cc1. The van der Waals surface area contributed by atoms with Crippen LogP contribution in [0.5, 0.6) is 0 Å². The predicted octanol–water partition coefficient (Wildman–Crippen LogP) is 4.44. The predicted molar refractivity (Wildman–Crippen MR) is 119 cm³/mol. The van der Waals surface area contributed by atoms with Crippen molar-refractivity contribution >= 4 is 32.4 Å². The quantitative estimate of drug-likeness (QED) is 0.589. The van der Waals surface area contributed by atoms with Gasteiger partial charge in [0.05, 0.1) is 10.6 Å². The Morgan fingerprint density at radius 3 is 2.44 bits per heavy atom. The normalized spacial score (nSPS) is 15.6. The van der Waals surface area contributed by atoms with E-state index in [1.165, 1.54) is 21.7 Å². The third-order valence-electron chi connectivity index (χ3n) is 5.43. The molecule has 32 heavy (non-hydrogen) atoms. The molecular formula is C22H21F2N3O3S2. The summed E-state index contributed by atoms with van der Waals surface area (Å²) in [6.45, 7) is 2.41. The second-order valence-corrected chi connectivity index (χ2v) is 10.4. The summed E-state index contributed by atoms with van der Waals surface area (Å²) in [7, 11) is -3.59. The molecule has 2 aromatic carbocycles. The zero-order valence-corrected chi connectivity index (χ0v) is 18.8. The van der Waals surface area contributed by atoms with Gasteiger partial charge in [0.15, 0.2) is 16.8 Å². The molecular weight excluding hydrogens is 456 g/mol. The molecule has 6 nitrogen and oxygen atoms in total. The maximum Gasteiger partial charge on any atom is 0.243 e. The van der Waals surface area contributed by atoms with E-state index in [9.17, 15) is 22.0 Å². The largest absolute Gasteiger partial charge is 0.302 e. The van der Waals surface area contributed by atoms with Gasteiger partial charge in [0, 0.05) is 30.0 Å². The van der Waals surface area contributed by atoms with Crippen molar-refractivity contribution in [3.63, 3.8) is 0 Å². The number of anilines is 1. The van der Waals surface area contributed by atoms with Gasteiger partial charge in [0.25, 0.3) is 0 Å². The van der Waals surface area contributed by atoms with Gasteiger partial charge in [0.2, 0.25) is 15.9 Å². The maximum absolute atomic E-state index is 13.5. The number of sulfonamides is 1. The highest BCUT2D eigenvalue weighted by Gasteiger charge is 2.32. The molecule has 2 heterocycles. The fraction of sp³-hybridized carbons (Fsp3) is 0.273. The van der Waals surface area contributed by atoms with E-state index in [1.807, 2.05) is 6.92 Å². The molecule has 4 rings (SSSR count). The lowest BCUT2D eigenvalue weighted by atomic mass is 9.97. The number of aromatic nitrogens is 1. The van der Waals surface area contributed by atoms with Crippen molar-refractivity contribution in [3.05, 3.63) is 65.0 Å². The standard InChI is InChI=1S/C22H21F2N3O3S2/c1-14-2-5-17(6-3-14)32(29,30)27-10-8-15(9-11-27)21(28)26-22-25-20(13-31-22)16-4-7-18(23)19(24)12-16/h2-7,12-13,15H,8-11H2,1H3,(H,25,26,28). The highest BCUT2D eigenvalue weighted by Crippen LogP contribution is 2.28. The van der Waals surface area contributed by atoms with Crippen molar-refractivity contribution < 1.29 is 22.0 Å². The second-order valence-electron chi connectivity index (χ2n) is 7.65. The zero-order valence-electron chi connectivity index (χ0n) is 17.2. The van der Waals surface area contributed by atoms with Crippen molar-refractivity contribution in [1.82, 2.24) is 9.29 Å². The van der Waals surface area contributed by atoms with Gasteiger partial charge in [-0.15, -0.1) is 11.3 Å². The second kappa shape index (κ2) is 9.05. The van der Waals surface area contributed by atoms with Crippen LogP contribution in [-0.2, 0) is 14.8 Å². The summed E-state index contributed by atoms with van der Waals surface area (Å²) in [5, 5.41) is 4.76. The Bertz CT molecular complexity index is 1240. The number of aryl methyl sites for hydroxylation is 1. The number of thiazole rings is 1. The first-order valence-corrected chi connectivity index (χ1v) is 12.3. The number of piperidine rings is 1. The van der Waals surface area contributed by atoms with Crippen molar-refractivity contribution in [1.29, 1.82) is 0 Å². The van der Waals surface area contributed by atoms with E-state index in [2.05, 4.69) is 10.3 Å². The summed E-state index contributed by atoms with van der Waals surface area (Å²) in [6, 6.07) is 10.2. The van der Waals surface area contributed by atoms with Crippen molar-refractivity contribution in [2.24, 2.45) is 5.92 Å². The van der Waals surface area contributed by atoms with Gasteiger partial charge >= 0.3 is 0 Å². The molecule has 1 aromatic heterocycles. The Morgan fingerprint density at radius 2 is 1.78 bits per heavy atom. The minimum absolute atomic E-state index is 0.233. The van der Waals surface area contributed by atoms with Crippen LogP contribution in [0.1, 0.15) is 18.4 Å². The van der Waals surface area contributed by atoms with Crippen LogP contribution < -0.4 is 5.32 Å². The van der Waals surface area contributed by atoms with Gasteiger partial charge in [-0.2, -0.15) is 4.31 Å². The van der Waals surface area contributed by atoms with E-state index >= 15 is 0 Å². The minimum atomic E-state index is -3.59. The first-order chi connectivity index (χ1) is 15.2. The van der Waals surface area contributed by atoms with Gasteiger partial charge in [0.1, 0.15) is 0 Å². The fourth-order valence-electron chi connectivity index (χ4n) is 3.54. The number of nitrogens with zero attached hydrogens (tertiary/aromatic N) is 2. The van der Waals surface area contributed by atoms with E-state index in [-0.39, 0.29) is 29.8 Å². The number of carbonyl (C=O) groups is 1. The lowest BCUT2D eigenvalue weighted by Crippen LogP contribution is -2.41. The summed E-state index contributed by atoms with van der Waals surface area (Å²) >= 11 is 1.18. The molecule has 3 aromatic rings. The molecule has 1 N–H and O–H groups in total. The van der Waals surface area contributed by atoms with E-state index in [0.29, 0.717) is 29.2 Å².